The van der Waals surface area contributed by atoms with Crippen molar-refractivity contribution in [3.63, 3.8) is 0 Å². The molecule has 0 bridgehead atoms. The van der Waals surface area contributed by atoms with Crippen LogP contribution in [0.3, 0.4) is 0 Å². The minimum Gasteiger partial charge on any atom is -0.395 e. The minimum atomic E-state index is 0.0930. The van der Waals surface area contributed by atoms with E-state index in [1.165, 1.54) is 5.56 Å². The van der Waals surface area contributed by atoms with E-state index in [-0.39, 0.29) is 12.6 Å². The van der Waals surface area contributed by atoms with Crippen molar-refractivity contribution in [1.29, 1.82) is 0 Å². The molecule has 0 saturated heterocycles. The van der Waals surface area contributed by atoms with Gasteiger partial charge in [0.1, 0.15) is 0 Å². The Bertz CT molecular complexity index is 500. The number of nitrogens with one attached hydrogen (secondary N) is 1. The first-order chi connectivity index (χ1) is 9.20. The van der Waals surface area contributed by atoms with Crippen LogP contribution in [-0.4, -0.2) is 32.9 Å². The second-order valence-electron chi connectivity index (χ2n) is 4.62. The summed E-state index contributed by atoms with van der Waals surface area (Å²) < 4.78 is 0.968. The Kier molecular flexibility index (Phi) is 5.13. The van der Waals surface area contributed by atoms with Crippen LogP contribution in [0.5, 0.6) is 0 Å². The van der Waals surface area contributed by atoms with Crippen molar-refractivity contribution < 1.29 is 5.11 Å². The van der Waals surface area contributed by atoms with E-state index < -0.39 is 0 Å². The van der Waals surface area contributed by atoms with E-state index in [2.05, 4.69) is 43.2 Å². The second kappa shape index (κ2) is 6.84. The molecule has 102 valence electrons. The Hall–Kier alpha value is -1.17. The maximum atomic E-state index is 9.40. The van der Waals surface area contributed by atoms with Crippen LogP contribution in [0.1, 0.15) is 18.2 Å². The molecule has 1 unspecified atom stereocenters. The van der Waals surface area contributed by atoms with Gasteiger partial charge in [0, 0.05) is 19.1 Å². The molecule has 1 heterocycles. The van der Waals surface area contributed by atoms with Crippen LogP contribution >= 0.6 is 15.9 Å². The lowest BCUT2D eigenvalue weighted by Gasteiger charge is -2.27. The quantitative estimate of drug-likeness (QED) is 0.859. The molecule has 1 atom stereocenters. The van der Waals surface area contributed by atoms with Gasteiger partial charge < -0.3 is 5.11 Å². The molecule has 1 aromatic carbocycles. The Morgan fingerprint density at radius 3 is 2.63 bits per heavy atom. The van der Waals surface area contributed by atoms with E-state index >= 15 is 0 Å². The van der Waals surface area contributed by atoms with Crippen LogP contribution in [0.4, 0.5) is 0 Å². The highest BCUT2D eigenvalue weighted by molar-refractivity contribution is 9.10. The van der Waals surface area contributed by atoms with Crippen molar-refractivity contribution in [1.82, 2.24) is 15.1 Å². The zero-order valence-corrected chi connectivity index (χ0v) is 12.5. The molecule has 1 aromatic heterocycles. The van der Waals surface area contributed by atoms with Gasteiger partial charge in [-0.15, -0.1) is 0 Å². The van der Waals surface area contributed by atoms with Gasteiger partial charge in [0.25, 0.3) is 0 Å². The van der Waals surface area contributed by atoms with E-state index in [0.29, 0.717) is 0 Å². The van der Waals surface area contributed by atoms with Gasteiger partial charge in [-0.05, 0) is 28.4 Å². The van der Waals surface area contributed by atoms with E-state index in [4.69, 9.17) is 0 Å². The Balaban J connectivity index is 2.10. The van der Waals surface area contributed by atoms with Gasteiger partial charge in [-0.25, -0.2) is 0 Å². The summed E-state index contributed by atoms with van der Waals surface area (Å²) in [5.74, 6) is 0. The summed E-state index contributed by atoms with van der Waals surface area (Å²) in [5.41, 5.74) is 2.26. The smallest absolute Gasteiger partial charge is 0.0634 e. The lowest BCUT2D eigenvalue weighted by Crippen LogP contribution is -2.34. The van der Waals surface area contributed by atoms with E-state index in [0.717, 1.165) is 23.3 Å². The number of aromatic amines is 1. The van der Waals surface area contributed by atoms with Gasteiger partial charge in [-0.3, -0.25) is 10.00 Å². The number of rotatable bonds is 6. The zero-order valence-electron chi connectivity index (χ0n) is 10.9. The maximum Gasteiger partial charge on any atom is 0.0634 e. The average Bonchev–Trinajstić information content (AvgIpc) is 2.84. The summed E-state index contributed by atoms with van der Waals surface area (Å²) in [6.07, 6.45) is 1.75. The fraction of sp³-hybridized carbons (Fsp3) is 0.357. The van der Waals surface area contributed by atoms with Gasteiger partial charge in [-0.1, -0.05) is 30.3 Å². The fourth-order valence-electron chi connectivity index (χ4n) is 1.91. The Morgan fingerprint density at radius 1 is 1.32 bits per heavy atom. The first kappa shape index (κ1) is 14.2. The summed E-state index contributed by atoms with van der Waals surface area (Å²) in [7, 11) is 0. The Labute approximate surface area is 121 Å². The van der Waals surface area contributed by atoms with Crippen molar-refractivity contribution in [2.45, 2.75) is 26.1 Å². The molecule has 0 aliphatic rings. The molecule has 2 aromatic rings. The number of halogens is 1. The highest BCUT2D eigenvalue weighted by Gasteiger charge is 2.16. The highest BCUT2D eigenvalue weighted by atomic mass is 79.9. The molecule has 0 fully saturated rings. The standard InChI is InChI=1S/C14H18BrN3O/c1-11(10-19)18(8-12-5-3-2-4-6-12)9-14-13(15)7-16-17-14/h2-7,11,19H,8-10H2,1H3,(H,16,17). The maximum absolute atomic E-state index is 9.40. The molecule has 0 spiro atoms. The van der Waals surface area contributed by atoms with E-state index in [9.17, 15) is 5.11 Å². The number of aliphatic hydroxyl groups excluding tert-OH is 1. The van der Waals surface area contributed by atoms with Crippen molar-refractivity contribution in [2.75, 3.05) is 6.61 Å². The fourth-order valence-corrected chi connectivity index (χ4v) is 2.23. The summed E-state index contributed by atoms with van der Waals surface area (Å²) in [6.45, 7) is 3.68. The van der Waals surface area contributed by atoms with Gasteiger partial charge in [0.15, 0.2) is 0 Å². The number of aromatic nitrogens is 2. The summed E-state index contributed by atoms with van der Waals surface area (Å²) in [4.78, 5) is 2.22. The summed E-state index contributed by atoms with van der Waals surface area (Å²) in [5, 5.41) is 16.4. The monoisotopic (exact) mass is 323 g/mol. The van der Waals surface area contributed by atoms with Gasteiger partial charge in [0.2, 0.25) is 0 Å². The molecular formula is C14H18BrN3O. The molecular weight excluding hydrogens is 306 g/mol. The number of hydrogen-bond donors (Lipinski definition) is 2. The number of H-pyrrole nitrogens is 1. The van der Waals surface area contributed by atoms with Crippen LogP contribution in [-0.2, 0) is 13.1 Å². The third kappa shape index (κ3) is 3.89. The lowest BCUT2D eigenvalue weighted by atomic mass is 10.1. The second-order valence-corrected chi connectivity index (χ2v) is 5.47. The number of nitrogens with zero attached hydrogens (tertiary/aromatic N) is 2. The largest absolute Gasteiger partial charge is 0.395 e. The van der Waals surface area contributed by atoms with Crippen LogP contribution in [0.15, 0.2) is 41.0 Å². The predicted molar refractivity (Wildman–Crippen MR) is 78.5 cm³/mol. The minimum absolute atomic E-state index is 0.0930. The zero-order chi connectivity index (χ0) is 13.7. The van der Waals surface area contributed by atoms with Gasteiger partial charge >= 0.3 is 0 Å². The molecule has 5 heteroatoms. The van der Waals surface area contributed by atoms with Crippen LogP contribution in [0, 0.1) is 0 Å². The normalized spacial score (nSPS) is 12.8. The van der Waals surface area contributed by atoms with Gasteiger partial charge in [0.05, 0.1) is 23.0 Å². The average molecular weight is 324 g/mol. The highest BCUT2D eigenvalue weighted by Crippen LogP contribution is 2.18. The van der Waals surface area contributed by atoms with Crippen LogP contribution in [0.25, 0.3) is 0 Å². The molecule has 19 heavy (non-hydrogen) atoms. The molecule has 0 saturated carbocycles. The van der Waals surface area contributed by atoms with E-state index in [1.54, 1.807) is 6.20 Å². The third-order valence-electron chi connectivity index (χ3n) is 3.14. The number of benzene rings is 1. The lowest BCUT2D eigenvalue weighted by molar-refractivity contribution is 0.120. The Morgan fingerprint density at radius 2 is 2.05 bits per heavy atom. The first-order valence-electron chi connectivity index (χ1n) is 6.27. The van der Waals surface area contributed by atoms with Crippen LogP contribution in [0.2, 0.25) is 0 Å². The van der Waals surface area contributed by atoms with Crippen molar-refractivity contribution in [2.24, 2.45) is 0 Å². The van der Waals surface area contributed by atoms with Crippen LogP contribution < -0.4 is 0 Å². The number of hydrogen-bond acceptors (Lipinski definition) is 3. The summed E-state index contributed by atoms with van der Waals surface area (Å²) in [6, 6.07) is 10.4. The van der Waals surface area contributed by atoms with Crippen molar-refractivity contribution >= 4 is 15.9 Å². The summed E-state index contributed by atoms with van der Waals surface area (Å²) >= 11 is 3.47. The number of aliphatic hydroxyl groups is 1. The van der Waals surface area contributed by atoms with Gasteiger partial charge in [-0.2, -0.15) is 5.10 Å². The SMILES string of the molecule is CC(CO)N(Cc1ccccc1)Cc1[nH]ncc1Br. The van der Waals surface area contributed by atoms with E-state index in [1.807, 2.05) is 25.1 Å². The molecule has 0 aliphatic carbocycles. The predicted octanol–water partition coefficient (Wildman–Crippen LogP) is 2.56. The first-order valence-corrected chi connectivity index (χ1v) is 7.06. The topological polar surface area (TPSA) is 52.1 Å². The molecule has 0 radical (unpaired) electrons. The molecule has 0 amide bonds. The molecule has 4 nitrogen and oxygen atoms in total. The van der Waals surface area contributed by atoms with Crippen molar-refractivity contribution in [3.05, 3.63) is 52.3 Å². The third-order valence-corrected chi connectivity index (χ3v) is 3.83. The van der Waals surface area contributed by atoms with Crippen molar-refractivity contribution in [3.8, 4) is 0 Å². The molecule has 2 N–H and O–H groups in total. The molecule has 2 rings (SSSR count). The molecule has 0 aliphatic heterocycles.